The van der Waals surface area contributed by atoms with Crippen LogP contribution in [-0.2, 0) is 25.6 Å². The minimum atomic E-state index is -0.556. The molecule has 3 fully saturated rings. The highest BCUT2D eigenvalue weighted by molar-refractivity contribution is 6.22. The van der Waals surface area contributed by atoms with Gasteiger partial charge >= 0.3 is 5.97 Å². The molecule has 3 aliphatic rings. The Morgan fingerprint density at radius 2 is 1.57 bits per heavy atom. The Morgan fingerprint density at radius 3 is 2.26 bits per heavy atom. The second-order valence-corrected chi connectivity index (χ2v) is 9.98. The molecule has 7 nitrogen and oxygen atoms in total. The van der Waals surface area contributed by atoms with Crippen molar-refractivity contribution in [1.82, 2.24) is 0 Å². The molecule has 182 valence electrons. The van der Waals surface area contributed by atoms with E-state index in [4.69, 9.17) is 4.74 Å². The number of hydrogen-bond acceptors (Lipinski definition) is 5. The molecule has 0 N–H and O–H groups in total. The Morgan fingerprint density at radius 1 is 0.914 bits per heavy atom. The first-order valence-electron chi connectivity index (χ1n) is 12.4. The predicted octanol–water partition coefficient (Wildman–Crippen LogP) is 4.13. The average molecular weight is 475 g/mol. The van der Waals surface area contributed by atoms with E-state index in [9.17, 15) is 19.2 Å². The van der Waals surface area contributed by atoms with Crippen LogP contribution in [0.15, 0.2) is 48.5 Å². The maximum absolute atomic E-state index is 12.9. The van der Waals surface area contributed by atoms with Crippen molar-refractivity contribution >= 4 is 35.1 Å². The lowest BCUT2D eigenvalue weighted by Gasteiger charge is -2.25. The Kier molecular flexibility index (Phi) is 6.17. The van der Waals surface area contributed by atoms with Crippen molar-refractivity contribution in [2.24, 2.45) is 23.7 Å². The Balaban J connectivity index is 1.23. The summed E-state index contributed by atoms with van der Waals surface area (Å²) in [6.45, 7) is 4.47. The van der Waals surface area contributed by atoms with Crippen LogP contribution < -0.4 is 14.5 Å². The summed E-state index contributed by atoms with van der Waals surface area (Å²) in [4.78, 5) is 54.0. The molecule has 0 radical (unpaired) electrons. The summed E-state index contributed by atoms with van der Waals surface area (Å²) in [6, 6.07) is 14.2. The van der Waals surface area contributed by atoms with Gasteiger partial charge in [0.2, 0.25) is 17.7 Å². The fourth-order valence-electron chi connectivity index (χ4n) is 5.53. The topological polar surface area (TPSA) is 84.0 Å². The molecule has 35 heavy (non-hydrogen) atoms. The number of carbonyl (C=O) groups excluding carboxylic acids is 4. The van der Waals surface area contributed by atoms with E-state index >= 15 is 0 Å². The highest BCUT2D eigenvalue weighted by Crippen LogP contribution is 2.42. The number of esters is 1. The van der Waals surface area contributed by atoms with Gasteiger partial charge in [-0.15, -0.1) is 0 Å². The van der Waals surface area contributed by atoms with Crippen molar-refractivity contribution in [3.63, 3.8) is 0 Å². The molecule has 3 amide bonds. The first kappa shape index (κ1) is 23.3. The number of fused-ring (bicyclic) bond motifs is 1. The Hall–Kier alpha value is -3.48. The Labute approximate surface area is 205 Å². The highest BCUT2D eigenvalue weighted by atomic mass is 16.5. The van der Waals surface area contributed by atoms with Gasteiger partial charge in [0.25, 0.3) is 0 Å². The monoisotopic (exact) mass is 474 g/mol. The van der Waals surface area contributed by atoms with E-state index in [2.05, 4.69) is 13.8 Å². The number of rotatable bonds is 5. The third-order valence-electron chi connectivity index (χ3n) is 7.62. The van der Waals surface area contributed by atoms with Crippen LogP contribution in [-0.4, -0.2) is 30.2 Å². The van der Waals surface area contributed by atoms with Gasteiger partial charge in [0, 0.05) is 18.7 Å². The van der Waals surface area contributed by atoms with Crippen LogP contribution in [0.3, 0.4) is 0 Å². The lowest BCUT2D eigenvalue weighted by molar-refractivity contribution is -0.139. The third kappa shape index (κ3) is 4.35. The maximum Gasteiger partial charge on any atom is 0.316 e. The van der Waals surface area contributed by atoms with Gasteiger partial charge in [-0.3, -0.25) is 24.1 Å². The molecule has 7 heteroatoms. The number of nitrogens with zero attached hydrogens (tertiary/aromatic N) is 2. The molecule has 0 bridgehead atoms. The zero-order valence-electron chi connectivity index (χ0n) is 20.1. The summed E-state index contributed by atoms with van der Waals surface area (Å²) in [5, 5.41) is 0. The van der Waals surface area contributed by atoms with Crippen LogP contribution >= 0.6 is 0 Å². The fourth-order valence-corrected chi connectivity index (χ4v) is 5.53. The quantitative estimate of drug-likeness (QED) is 0.370. The molecule has 2 aliphatic heterocycles. The number of amides is 3. The molecule has 2 heterocycles. The Bertz CT molecular complexity index is 1160. The van der Waals surface area contributed by atoms with E-state index in [1.54, 1.807) is 29.2 Å². The van der Waals surface area contributed by atoms with Crippen LogP contribution in [0.1, 0.15) is 45.1 Å². The normalized spacial score (nSPS) is 26.3. The maximum atomic E-state index is 12.9. The zero-order chi connectivity index (χ0) is 24.7. The van der Waals surface area contributed by atoms with E-state index in [1.165, 1.54) is 10.5 Å². The molecule has 2 aromatic rings. The van der Waals surface area contributed by atoms with Crippen molar-refractivity contribution in [1.29, 1.82) is 0 Å². The molecule has 0 aromatic heterocycles. The molecule has 5 rings (SSSR count). The minimum Gasteiger partial charge on any atom is -0.426 e. The third-order valence-corrected chi connectivity index (χ3v) is 7.62. The number of aryl methyl sites for hydroxylation is 1. The minimum absolute atomic E-state index is 0.102. The first-order valence-corrected chi connectivity index (χ1v) is 12.4. The van der Waals surface area contributed by atoms with Crippen molar-refractivity contribution in [3.8, 4) is 5.75 Å². The first-order chi connectivity index (χ1) is 16.9. The van der Waals surface area contributed by atoms with E-state index < -0.39 is 11.9 Å². The molecular formula is C28H30N2O5. The fraction of sp³-hybridized carbons (Fsp3) is 0.429. The number of anilines is 2. The lowest BCUT2D eigenvalue weighted by Crippen LogP contribution is -2.30. The van der Waals surface area contributed by atoms with Crippen molar-refractivity contribution in [2.45, 2.75) is 46.0 Å². The number of benzene rings is 2. The number of ether oxygens (including phenoxy) is 1. The highest BCUT2D eigenvalue weighted by Gasteiger charge is 2.50. The largest absolute Gasteiger partial charge is 0.426 e. The van der Waals surface area contributed by atoms with Crippen molar-refractivity contribution < 1.29 is 23.9 Å². The summed E-state index contributed by atoms with van der Waals surface area (Å²) in [7, 11) is 0. The number of carbonyl (C=O) groups is 4. The van der Waals surface area contributed by atoms with Crippen LogP contribution in [0.2, 0.25) is 0 Å². The van der Waals surface area contributed by atoms with Gasteiger partial charge in [-0.2, -0.15) is 0 Å². The summed E-state index contributed by atoms with van der Waals surface area (Å²) in [6.07, 6.45) is 3.49. The molecule has 2 aromatic carbocycles. The lowest BCUT2D eigenvalue weighted by atomic mass is 9.76. The summed E-state index contributed by atoms with van der Waals surface area (Å²) >= 11 is 0. The molecular weight excluding hydrogens is 444 g/mol. The second-order valence-electron chi connectivity index (χ2n) is 9.98. The number of imide groups is 1. The number of hydrogen-bond donors (Lipinski definition) is 0. The smallest absolute Gasteiger partial charge is 0.316 e. The molecule has 0 spiro atoms. The molecule has 0 unspecified atom stereocenters. The summed E-state index contributed by atoms with van der Waals surface area (Å²) in [5.41, 5.74) is 2.46. The van der Waals surface area contributed by atoms with Crippen molar-refractivity contribution in [3.05, 3.63) is 54.1 Å². The summed E-state index contributed by atoms with van der Waals surface area (Å²) in [5.74, 6) is -1.07. The van der Waals surface area contributed by atoms with E-state index in [1.807, 2.05) is 24.3 Å². The predicted molar refractivity (Wildman–Crippen MR) is 131 cm³/mol. The van der Waals surface area contributed by atoms with E-state index in [-0.39, 0.29) is 42.5 Å². The SMILES string of the molecule is CCc1ccc(N2C[C@H](C(=O)Oc3ccc(N4C(=O)[C@@H]5CC[C@@H](C)C[C@H]5C4=O)cc3)CC2=O)cc1. The van der Waals surface area contributed by atoms with Gasteiger partial charge in [-0.25, -0.2) is 0 Å². The van der Waals surface area contributed by atoms with Gasteiger partial charge < -0.3 is 9.64 Å². The van der Waals surface area contributed by atoms with Gasteiger partial charge in [-0.05, 0) is 73.6 Å². The van der Waals surface area contributed by atoms with E-state index in [0.717, 1.165) is 31.4 Å². The van der Waals surface area contributed by atoms with Gasteiger partial charge in [-0.1, -0.05) is 26.0 Å². The molecule has 1 saturated carbocycles. The van der Waals surface area contributed by atoms with Crippen LogP contribution in [0, 0.1) is 23.7 Å². The molecule has 4 atom stereocenters. The molecule has 1 aliphatic carbocycles. The summed E-state index contributed by atoms with van der Waals surface area (Å²) < 4.78 is 5.54. The van der Waals surface area contributed by atoms with Crippen molar-refractivity contribution in [2.75, 3.05) is 16.3 Å². The average Bonchev–Trinajstić information content (AvgIpc) is 3.37. The van der Waals surface area contributed by atoms with Gasteiger partial charge in [0.15, 0.2) is 0 Å². The van der Waals surface area contributed by atoms with Gasteiger partial charge in [0.1, 0.15) is 5.75 Å². The van der Waals surface area contributed by atoms with Gasteiger partial charge in [0.05, 0.1) is 23.4 Å². The molecule has 2 saturated heterocycles. The van der Waals surface area contributed by atoms with Crippen LogP contribution in [0.4, 0.5) is 11.4 Å². The van der Waals surface area contributed by atoms with Crippen LogP contribution in [0.25, 0.3) is 0 Å². The standard InChI is InChI=1S/C28H30N2O5/c1-3-18-5-7-20(8-6-18)29-16-19(15-25(29)31)28(34)35-22-11-9-21(10-12-22)30-26(32)23-13-4-17(2)14-24(23)27(30)33/h5-12,17,19,23-24H,3-4,13-16H2,1-2H3/t17-,19-,23-,24-/m1/s1. The second kappa shape index (κ2) is 9.29. The zero-order valence-corrected chi connectivity index (χ0v) is 20.1. The van der Waals surface area contributed by atoms with E-state index in [0.29, 0.717) is 17.4 Å². The van der Waals surface area contributed by atoms with Crippen LogP contribution in [0.5, 0.6) is 5.75 Å².